The Morgan fingerprint density at radius 1 is 0.762 bits per heavy atom. The topological polar surface area (TPSA) is 142 Å². The van der Waals surface area contributed by atoms with Crippen LogP contribution in [0.3, 0.4) is 0 Å². The molecule has 12 nitrogen and oxygen atoms in total. The van der Waals surface area contributed by atoms with E-state index in [4.69, 9.17) is 37.9 Å². The molecule has 0 bridgehead atoms. The van der Waals surface area contributed by atoms with E-state index in [-0.39, 0.29) is 19.8 Å². The molecule has 0 radical (unpaired) electrons. The quantitative estimate of drug-likeness (QED) is 0.139. The van der Waals surface area contributed by atoms with Crippen molar-refractivity contribution in [2.75, 3.05) is 26.4 Å². The van der Waals surface area contributed by atoms with Crippen LogP contribution in [0.4, 0.5) is 0 Å². The van der Waals surface area contributed by atoms with Crippen LogP contribution in [0.5, 0.6) is 0 Å². The lowest BCUT2D eigenvalue weighted by Gasteiger charge is -2.44. The summed E-state index contributed by atoms with van der Waals surface area (Å²) in [5.74, 6) is -2.75. The average Bonchev–Trinajstić information content (AvgIpc) is 2.92. The lowest BCUT2D eigenvalue weighted by Crippen LogP contribution is -2.63. The van der Waals surface area contributed by atoms with E-state index in [0.29, 0.717) is 13.2 Å². The molecule has 1 heterocycles. The van der Waals surface area contributed by atoms with Gasteiger partial charge in [0.1, 0.15) is 18.8 Å². The Labute approximate surface area is 247 Å². The van der Waals surface area contributed by atoms with Gasteiger partial charge in [0.05, 0.1) is 19.8 Å². The van der Waals surface area contributed by atoms with E-state index in [1.54, 1.807) is 0 Å². The summed E-state index contributed by atoms with van der Waals surface area (Å²) in [6.45, 7) is 7.54. The molecule has 1 aliphatic heterocycles. The minimum absolute atomic E-state index is 0.0940. The van der Waals surface area contributed by atoms with Gasteiger partial charge in [-0.2, -0.15) is 0 Å². The van der Waals surface area contributed by atoms with E-state index >= 15 is 0 Å². The molecule has 0 N–H and O–H groups in total. The lowest BCUT2D eigenvalue weighted by atomic mass is 9.98. The third kappa shape index (κ3) is 13.3. The van der Waals surface area contributed by atoms with Gasteiger partial charge >= 0.3 is 23.9 Å². The largest absolute Gasteiger partial charge is 0.463 e. The maximum Gasteiger partial charge on any atom is 0.303 e. The monoisotopic (exact) mass is 596 g/mol. The molecule has 2 rings (SSSR count). The molecule has 42 heavy (non-hydrogen) atoms. The zero-order valence-electron chi connectivity index (χ0n) is 25.1. The first-order chi connectivity index (χ1) is 20.1. The Bertz CT molecular complexity index is 968. The smallest absolute Gasteiger partial charge is 0.303 e. The summed E-state index contributed by atoms with van der Waals surface area (Å²) in [5, 5.41) is 0. The fourth-order valence-electron chi connectivity index (χ4n) is 4.34. The molecule has 0 aromatic heterocycles. The summed E-state index contributed by atoms with van der Waals surface area (Å²) < 4.78 is 45.7. The summed E-state index contributed by atoms with van der Waals surface area (Å²) in [6.07, 6.45) is -2.93. The van der Waals surface area contributed by atoms with Crippen molar-refractivity contribution in [1.82, 2.24) is 0 Å². The standard InChI is InChI=1S/C30H44O12/c1-6-7-8-12-15-35-17-25(18-36-16-24-13-10-9-11-14-24)41-30-29(40-23(5)34)28(39-22(4)33)27(38-21(3)32)26(42-30)19-37-20(2)31/h9-11,13-14,25-30H,6-8,12,15-19H2,1-5H3/t25?,26-,27-,28+,29-,30-/m1/s1. The molecule has 0 saturated carbocycles. The molecule has 6 atom stereocenters. The normalized spacial score (nSPS) is 22.5. The van der Waals surface area contributed by atoms with Gasteiger partial charge in [0.2, 0.25) is 0 Å². The first-order valence-corrected chi connectivity index (χ1v) is 14.3. The predicted octanol–water partition coefficient (Wildman–Crippen LogP) is 3.27. The molecular formula is C30H44O12. The second-order valence-electron chi connectivity index (χ2n) is 9.96. The van der Waals surface area contributed by atoms with Gasteiger partial charge in [-0.1, -0.05) is 56.5 Å². The molecule has 1 aliphatic rings. The summed E-state index contributed by atoms with van der Waals surface area (Å²) in [6, 6.07) is 9.58. The minimum atomic E-state index is -1.33. The summed E-state index contributed by atoms with van der Waals surface area (Å²) in [7, 11) is 0. The number of esters is 4. The predicted molar refractivity (Wildman–Crippen MR) is 148 cm³/mol. The second-order valence-corrected chi connectivity index (χ2v) is 9.96. The third-order valence-electron chi connectivity index (χ3n) is 6.14. The van der Waals surface area contributed by atoms with Crippen LogP contribution in [0, 0.1) is 0 Å². The van der Waals surface area contributed by atoms with Crippen LogP contribution in [0.15, 0.2) is 30.3 Å². The van der Waals surface area contributed by atoms with Crippen LogP contribution >= 0.6 is 0 Å². The van der Waals surface area contributed by atoms with Crippen molar-refractivity contribution in [3.05, 3.63) is 35.9 Å². The van der Waals surface area contributed by atoms with Gasteiger partial charge in [0.15, 0.2) is 24.6 Å². The molecule has 0 spiro atoms. The first-order valence-electron chi connectivity index (χ1n) is 14.3. The van der Waals surface area contributed by atoms with E-state index in [1.165, 1.54) is 13.8 Å². The van der Waals surface area contributed by atoms with Crippen LogP contribution in [0.25, 0.3) is 0 Å². The number of carbonyl (C=O) groups is 4. The van der Waals surface area contributed by atoms with Crippen LogP contribution in [-0.4, -0.2) is 87.1 Å². The molecular weight excluding hydrogens is 552 g/mol. The van der Waals surface area contributed by atoms with Crippen molar-refractivity contribution in [1.29, 1.82) is 0 Å². The van der Waals surface area contributed by atoms with Gasteiger partial charge in [-0.25, -0.2) is 0 Å². The van der Waals surface area contributed by atoms with Crippen molar-refractivity contribution in [3.63, 3.8) is 0 Å². The number of rotatable bonds is 18. The van der Waals surface area contributed by atoms with E-state index in [9.17, 15) is 19.2 Å². The van der Waals surface area contributed by atoms with Gasteiger partial charge in [-0.3, -0.25) is 19.2 Å². The van der Waals surface area contributed by atoms with Crippen LogP contribution in [-0.2, 0) is 63.7 Å². The SMILES string of the molecule is CCCCCCOCC(COCc1ccccc1)O[C@@H]1O[C@H](COC(C)=O)[C@@H](OC(C)=O)[C@H](OC(C)=O)[C@H]1OC(C)=O. The van der Waals surface area contributed by atoms with Crippen LogP contribution in [0.1, 0.15) is 65.9 Å². The van der Waals surface area contributed by atoms with Gasteiger partial charge in [-0.05, 0) is 12.0 Å². The van der Waals surface area contributed by atoms with Crippen LogP contribution < -0.4 is 0 Å². The highest BCUT2D eigenvalue weighted by atomic mass is 16.7. The highest BCUT2D eigenvalue weighted by Crippen LogP contribution is 2.30. The second kappa shape index (κ2) is 19.2. The fraction of sp³-hybridized carbons (Fsp3) is 0.667. The molecule has 1 saturated heterocycles. The van der Waals surface area contributed by atoms with Crippen molar-refractivity contribution in [2.45, 2.75) is 104 Å². The minimum Gasteiger partial charge on any atom is -0.463 e. The Hall–Kier alpha value is -3.06. The Balaban J connectivity index is 2.29. The molecule has 236 valence electrons. The molecule has 1 unspecified atom stereocenters. The Morgan fingerprint density at radius 2 is 1.38 bits per heavy atom. The van der Waals surface area contributed by atoms with Crippen molar-refractivity contribution >= 4 is 23.9 Å². The van der Waals surface area contributed by atoms with E-state index < -0.39 is 60.7 Å². The molecule has 12 heteroatoms. The maximum absolute atomic E-state index is 12.1. The number of ether oxygens (including phenoxy) is 8. The maximum atomic E-state index is 12.1. The van der Waals surface area contributed by atoms with Crippen LogP contribution in [0.2, 0.25) is 0 Å². The van der Waals surface area contributed by atoms with E-state index in [0.717, 1.165) is 45.1 Å². The van der Waals surface area contributed by atoms with Gasteiger partial charge < -0.3 is 37.9 Å². The van der Waals surface area contributed by atoms with Gasteiger partial charge in [-0.15, -0.1) is 0 Å². The average molecular weight is 597 g/mol. The Morgan fingerprint density at radius 3 is 2.00 bits per heavy atom. The number of hydrogen-bond acceptors (Lipinski definition) is 12. The molecule has 1 aromatic rings. The fourth-order valence-corrected chi connectivity index (χ4v) is 4.34. The van der Waals surface area contributed by atoms with E-state index in [1.807, 2.05) is 30.3 Å². The van der Waals surface area contributed by atoms with Crippen molar-refractivity contribution < 1.29 is 57.1 Å². The third-order valence-corrected chi connectivity index (χ3v) is 6.14. The lowest BCUT2D eigenvalue weighted by molar-refractivity contribution is -0.321. The summed E-state index contributed by atoms with van der Waals surface area (Å²) in [4.78, 5) is 47.8. The van der Waals surface area contributed by atoms with Crippen molar-refractivity contribution in [2.24, 2.45) is 0 Å². The molecule has 1 aromatic carbocycles. The summed E-state index contributed by atoms with van der Waals surface area (Å²) in [5.41, 5.74) is 0.962. The van der Waals surface area contributed by atoms with Gasteiger partial charge in [0, 0.05) is 34.3 Å². The zero-order chi connectivity index (χ0) is 30.9. The van der Waals surface area contributed by atoms with Gasteiger partial charge in [0.25, 0.3) is 0 Å². The first kappa shape index (κ1) is 35.1. The highest BCUT2D eigenvalue weighted by Gasteiger charge is 2.53. The molecule has 0 amide bonds. The zero-order valence-corrected chi connectivity index (χ0v) is 25.1. The van der Waals surface area contributed by atoms with E-state index in [2.05, 4.69) is 6.92 Å². The molecule has 0 aliphatic carbocycles. The summed E-state index contributed by atoms with van der Waals surface area (Å²) >= 11 is 0. The number of unbranched alkanes of at least 4 members (excludes halogenated alkanes) is 3. The number of benzene rings is 1. The van der Waals surface area contributed by atoms with Crippen molar-refractivity contribution in [3.8, 4) is 0 Å². The number of carbonyl (C=O) groups excluding carboxylic acids is 4. The molecule has 1 fully saturated rings. The number of hydrogen-bond donors (Lipinski definition) is 0. The highest BCUT2D eigenvalue weighted by molar-refractivity contribution is 5.68. The Kier molecular flexibility index (Phi) is 16.1.